The number of benzene rings is 2. The summed E-state index contributed by atoms with van der Waals surface area (Å²) in [6.45, 7) is -0.344. The lowest BCUT2D eigenvalue weighted by Crippen LogP contribution is -2.33. The first-order valence-electron chi connectivity index (χ1n) is 7.58. The van der Waals surface area contributed by atoms with Crippen LogP contribution in [0.4, 0.5) is 18.9 Å². The van der Waals surface area contributed by atoms with Crippen LogP contribution in [0, 0.1) is 0 Å². The van der Waals surface area contributed by atoms with Gasteiger partial charge < -0.3 is 10.6 Å². The monoisotopic (exact) mass is 364 g/mol. The Morgan fingerprint density at radius 2 is 1.58 bits per heavy atom. The number of amides is 2. The molecular weight excluding hydrogens is 349 g/mol. The predicted molar refractivity (Wildman–Crippen MR) is 88.6 cm³/mol. The van der Waals surface area contributed by atoms with Gasteiger partial charge in [0, 0.05) is 11.3 Å². The zero-order chi connectivity index (χ0) is 19.2. The van der Waals surface area contributed by atoms with Gasteiger partial charge in [0.05, 0.1) is 13.0 Å². The number of halogens is 3. The molecular formula is C18H15F3N2O3. The van der Waals surface area contributed by atoms with E-state index < -0.39 is 23.4 Å². The van der Waals surface area contributed by atoms with Crippen LogP contribution in [0.3, 0.4) is 0 Å². The van der Waals surface area contributed by atoms with Crippen LogP contribution in [-0.4, -0.2) is 30.3 Å². The number of anilines is 1. The van der Waals surface area contributed by atoms with Gasteiger partial charge in [-0.25, -0.2) is 0 Å². The van der Waals surface area contributed by atoms with Crippen molar-refractivity contribution in [3.63, 3.8) is 0 Å². The summed E-state index contributed by atoms with van der Waals surface area (Å²) >= 11 is 0. The molecule has 2 amide bonds. The Hall–Kier alpha value is -3.16. The van der Waals surface area contributed by atoms with E-state index in [1.165, 1.54) is 12.1 Å². The van der Waals surface area contributed by atoms with Crippen LogP contribution in [0.25, 0.3) is 0 Å². The smallest absolute Gasteiger partial charge is 0.347 e. The maximum absolute atomic E-state index is 12.4. The molecule has 0 aromatic heterocycles. The van der Waals surface area contributed by atoms with Crippen molar-refractivity contribution >= 4 is 23.3 Å². The summed E-state index contributed by atoms with van der Waals surface area (Å²) in [5.74, 6) is -2.99. The minimum atomic E-state index is -4.99. The second kappa shape index (κ2) is 8.28. The molecule has 0 bridgehead atoms. The molecule has 8 heteroatoms. The molecule has 0 fully saturated rings. The van der Waals surface area contributed by atoms with Crippen molar-refractivity contribution in [2.24, 2.45) is 0 Å². The largest absolute Gasteiger partial charge is 0.454 e. The molecule has 2 N–H and O–H groups in total. The van der Waals surface area contributed by atoms with Crippen LogP contribution in [0.2, 0.25) is 0 Å². The van der Waals surface area contributed by atoms with Crippen molar-refractivity contribution in [1.82, 2.24) is 5.32 Å². The van der Waals surface area contributed by atoms with E-state index in [4.69, 9.17) is 0 Å². The SMILES string of the molecule is O=C(Cc1ccccc1)NCC(=O)Nc1cccc(C(=O)C(F)(F)F)c1. The van der Waals surface area contributed by atoms with E-state index in [9.17, 15) is 27.6 Å². The third-order valence-electron chi connectivity index (χ3n) is 3.32. The summed E-state index contributed by atoms with van der Waals surface area (Å²) in [7, 11) is 0. The average molecular weight is 364 g/mol. The highest BCUT2D eigenvalue weighted by Gasteiger charge is 2.39. The highest BCUT2D eigenvalue weighted by molar-refractivity contribution is 6.02. The molecule has 0 saturated heterocycles. The van der Waals surface area contributed by atoms with Gasteiger partial charge in [0.2, 0.25) is 11.8 Å². The van der Waals surface area contributed by atoms with Crippen molar-refractivity contribution < 1.29 is 27.6 Å². The summed E-state index contributed by atoms with van der Waals surface area (Å²) in [5, 5.41) is 4.75. The molecule has 0 spiro atoms. The summed E-state index contributed by atoms with van der Waals surface area (Å²) in [6, 6.07) is 13.4. The average Bonchev–Trinajstić information content (AvgIpc) is 2.59. The molecule has 136 valence electrons. The summed E-state index contributed by atoms with van der Waals surface area (Å²) < 4.78 is 37.3. The number of hydrogen-bond donors (Lipinski definition) is 2. The van der Waals surface area contributed by atoms with Gasteiger partial charge in [-0.05, 0) is 17.7 Å². The second-order valence-corrected chi connectivity index (χ2v) is 5.39. The third-order valence-corrected chi connectivity index (χ3v) is 3.32. The fourth-order valence-electron chi connectivity index (χ4n) is 2.13. The molecule has 0 atom stereocenters. The number of hydrogen-bond acceptors (Lipinski definition) is 3. The lowest BCUT2D eigenvalue weighted by Gasteiger charge is -2.09. The van der Waals surface area contributed by atoms with Crippen LogP contribution in [0.5, 0.6) is 0 Å². The zero-order valence-electron chi connectivity index (χ0n) is 13.5. The Balaban J connectivity index is 1.88. The minimum Gasteiger partial charge on any atom is -0.347 e. The number of ketones is 1. The molecule has 2 aromatic carbocycles. The number of carbonyl (C=O) groups excluding carboxylic acids is 3. The van der Waals surface area contributed by atoms with Crippen LogP contribution < -0.4 is 10.6 Å². The van der Waals surface area contributed by atoms with Gasteiger partial charge in [-0.15, -0.1) is 0 Å². The van der Waals surface area contributed by atoms with Crippen molar-refractivity contribution in [3.05, 3.63) is 65.7 Å². The molecule has 0 radical (unpaired) electrons. The van der Waals surface area contributed by atoms with Crippen molar-refractivity contribution in [2.75, 3.05) is 11.9 Å². The highest BCUT2D eigenvalue weighted by Crippen LogP contribution is 2.23. The Kier molecular flexibility index (Phi) is 6.11. The molecule has 0 unspecified atom stereocenters. The summed E-state index contributed by atoms with van der Waals surface area (Å²) in [4.78, 5) is 34.8. The van der Waals surface area contributed by atoms with E-state index in [1.807, 2.05) is 6.07 Å². The Bertz CT molecular complexity index is 805. The van der Waals surface area contributed by atoms with Crippen LogP contribution in [-0.2, 0) is 16.0 Å². The van der Waals surface area contributed by atoms with E-state index in [1.54, 1.807) is 24.3 Å². The number of nitrogens with one attached hydrogen (secondary N) is 2. The molecule has 0 saturated carbocycles. The topological polar surface area (TPSA) is 75.3 Å². The van der Waals surface area contributed by atoms with Gasteiger partial charge in [0.15, 0.2) is 0 Å². The minimum absolute atomic E-state index is 0.0300. The van der Waals surface area contributed by atoms with E-state index in [0.29, 0.717) is 0 Å². The van der Waals surface area contributed by atoms with Gasteiger partial charge in [0.25, 0.3) is 5.78 Å². The van der Waals surface area contributed by atoms with Gasteiger partial charge in [-0.2, -0.15) is 13.2 Å². The Labute approximate surface area is 147 Å². The molecule has 26 heavy (non-hydrogen) atoms. The van der Waals surface area contributed by atoms with Gasteiger partial charge in [-0.3, -0.25) is 14.4 Å². The number of carbonyl (C=O) groups is 3. The summed E-state index contributed by atoms with van der Waals surface area (Å²) in [6.07, 6.45) is -4.89. The van der Waals surface area contributed by atoms with Crippen molar-refractivity contribution in [1.29, 1.82) is 0 Å². The molecule has 0 aliphatic rings. The first-order valence-corrected chi connectivity index (χ1v) is 7.58. The summed E-state index contributed by atoms with van der Waals surface area (Å²) in [5.41, 5.74) is 0.231. The van der Waals surface area contributed by atoms with Gasteiger partial charge >= 0.3 is 6.18 Å². The van der Waals surface area contributed by atoms with Gasteiger partial charge in [0.1, 0.15) is 0 Å². The standard InChI is InChI=1S/C18H15F3N2O3/c19-18(20,21)17(26)13-7-4-8-14(10-13)23-16(25)11-22-15(24)9-12-5-2-1-3-6-12/h1-8,10H,9,11H2,(H,22,24)(H,23,25). The first-order chi connectivity index (χ1) is 12.3. The lowest BCUT2D eigenvalue weighted by atomic mass is 10.1. The zero-order valence-corrected chi connectivity index (χ0v) is 13.5. The quantitative estimate of drug-likeness (QED) is 0.774. The molecule has 5 nitrogen and oxygen atoms in total. The predicted octanol–water partition coefficient (Wildman–Crippen LogP) is 2.73. The fraction of sp³-hybridized carbons (Fsp3) is 0.167. The first kappa shape index (κ1) is 19.2. The van der Waals surface area contributed by atoms with E-state index in [0.717, 1.165) is 17.7 Å². The highest BCUT2D eigenvalue weighted by atomic mass is 19.4. The Morgan fingerprint density at radius 3 is 2.23 bits per heavy atom. The van der Waals surface area contributed by atoms with E-state index >= 15 is 0 Å². The van der Waals surface area contributed by atoms with Gasteiger partial charge in [-0.1, -0.05) is 42.5 Å². The molecule has 0 aliphatic heterocycles. The number of rotatable bonds is 6. The second-order valence-electron chi connectivity index (χ2n) is 5.39. The molecule has 2 aromatic rings. The van der Waals surface area contributed by atoms with Crippen LogP contribution in [0.1, 0.15) is 15.9 Å². The molecule has 0 aliphatic carbocycles. The maximum Gasteiger partial charge on any atom is 0.454 e. The molecule has 0 heterocycles. The third kappa shape index (κ3) is 5.73. The lowest BCUT2D eigenvalue weighted by molar-refractivity contribution is -0.123. The van der Waals surface area contributed by atoms with Crippen molar-refractivity contribution in [3.8, 4) is 0 Å². The van der Waals surface area contributed by atoms with Crippen LogP contribution >= 0.6 is 0 Å². The number of alkyl halides is 3. The van der Waals surface area contributed by atoms with E-state index in [2.05, 4.69) is 10.6 Å². The van der Waals surface area contributed by atoms with E-state index in [-0.39, 0.29) is 24.6 Å². The normalized spacial score (nSPS) is 10.9. The number of Topliss-reactive ketones (excluding diaryl/α,β-unsaturated/α-hetero) is 1. The fourth-order valence-corrected chi connectivity index (χ4v) is 2.13. The Morgan fingerprint density at radius 1 is 0.885 bits per heavy atom. The maximum atomic E-state index is 12.4. The van der Waals surface area contributed by atoms with Crippen molar-refractivity contribution in [2.45, 2.75) is 12.6 Å². The van der Waals surface area contributed by atoms with Crippen LogP contribution in [0.15, 0.2) is 54.6 Å². The molecule has 2 rings (SSSR count).